The molecule has 0 N–H and O–H groups in total. The first kappa shape index (κ1) is 16.5. The molecule has 0 fully saturated rings. The SMILES string of the molecule is CCOC(=O)[N+]1(C(C)(C)C)C(C(=O)[O-])=Cc2cc(Cl)ccc21. The number of hydrogen-bond acceptors (Lipinski definition) is 4. The monoisotopic (exact) mass is 323 g/mol. The van der Waals surface area contributed by atoms with Gasteiger partial charge in [-0.15, -0.1) is 0 Å². The molecular formula is C16H18ClNO4. The molecule has 1 heterocycles. The van der Waals surface area contributed by atoms with E-state index >= 15 is 0 Å². The van der Waals surface area contributed by atoms with Crippen LogP contribution in [0.4, 0.5) is 10.5 Å². The largest absolute Gasteiger partial charge is 0.540 e. The fraction of sp³-hybridized carbons (Fsp3) is 0.375. The normalized spacial score (nSPS) is 20.3. The Bertz CT molecular complexity index is 675. The summed E-state index contributed by atoms with van der Waals surface area (Å²) in [6, 6.07) is 4.92. The van der Waals surface area contributed by atoms with Gasteiger partial charge in [-0.3, -0.25) is 0 Å². The van der Waals surface area contributed by atoms with Gasteiger partial charge in [0.05, 0.1) is 6.61 Å². The summed E-state index contributed by atoms with van der Waals surface area (Å²) in [4.78, 5) is 24.5. The first-order valence-corrected chi connectivity index (χ1v) is 7.34. The van der Waals surface area contributed by atoms with Gasteiger partial charge in [0.2, 0.25) is 0 Å². The van der Waals surface area contributed by atoms with E-state index in [0.29, 0.717) is 16.3 Å². The van der Waals surface area contributed by atoms with Crippen LogP contribution in [-0.4, -0.2) is 24.2 Å². The van der Waals surface area contributed by atoms with E-state index in [1.54, 1.807) is 45.9 Å². The third-order valence-corrected chi connectivity index (χ3v) is 4.00. The summed E-state index contributed by atoms with van der Waals surface area (Å²) in [7, 11) is 0. The number of fused-ring (bicyclic) bond motifs is 1. The van der Waals surface area contributed by atoms with Crippen LogP contribution < -0.4 is 9.59 Å². The molecule has 0 saturated heterocycles. The van der Waals surface area contributed by atoms with Crippen LogP contribution in [0.15, 0.2) is 23.9 Å². The van der Waals surface area contributed by atoms with E-state index in [4.69, 9.17) is 16.3 Å². The summed E-state index contributed by atoms with van der Waals surface area (Å²) in [5.74, 6) is -1.41. The smallest absolute Gasteiger partial charge is 0.526 e. The number of halogens is 1. The van der Waals surface area contributed by atoms with Crippen molar-refractivity contribution in [3.63, 3.8) is 0 Å². The zero-order chi connectivity index (χ0) is 16.7. The van der Waals surface area contributed by atoms with Crippen LogP contribution in [0.25, 0.3) is 6.08 Å². The van der Waals surface area contributed by atoms with E-state index in [1.807, 2.05) is 0 Å². The van der Waals surface area contributed by atoms with Crippen LogP contribution in [0, 0.1) is 0 Å². The molecule has 0 aromatic heterocycles. The van der Waals surface area contributed by atoms with E-state index in [2.05, 4.69) is 0 Å². The quantitative estimate of drug-likeness (QED) is 0.785. The second-order valence-electron chi connectivity index (χ2n) is 6.06. The van der Waals surface area contributed by atoms with Crippen LogP contribution in [0.5, 0.6) is 0 Å². The lowest BCUT2D eigenvalue weighted by atomic mass is 9.99. The first-order chi connectivity index (χ1) is 10.2. The summed E-state index contributed by atoms with van der Waals surface area (Å²) in [6.07, 6.45) is 0.783. The van der Waals surface area contributed by atoms with Gasteiger partial charge in [-0.05, 0) is 39.8 Å². The minimum atomic E-state index is -1.41. The summed E-state index contributed by atoms with van der Waals surface area (Å²) in [6.45, 7) is 7.18. The van der Waals surface area contributed by atoms with E-state index in [-0.39, 0.29) is 12.3 Å². The number of benzene rings is 1. The molecule has 0 saturated carbocycles. The molecule has 6 heteroatoms. The Morgan fingerprint density at radius 3 is 2.45 bits per heavy atom. The van der Waals surface area contributed by atoms with Crippen molar-refractivity contribution >= 4 is 35.4 Å². The fourth-order valence-corrected chi connectivity index (χ4v) is 3.11. The van der Waals surface area contributed by atoms with Gasteiger partial charge in [0.15, 0.2) is 11.4 Å². The Hall–Kier alpha value is -1.85. The zero-order valence-electron chi connectivity index (χ0n) is 13.0. The number of nitrogens with zero attached hydrogens (tertiary/aromatic N) is 1. The van der Waals surface area contributed by atoms with Crippen molar-refractivity contribution in [2.45, 2.75) is 33.2 Å². The number of rotatable bonds is 2. The van der Waals surface area contributed by atoms with Crippen LogP contribution in [0.2, 0.25) is 5.02 Å². The highest BCUT2D eigenvalue weighted by atomic mass is 35.5. The van der Waals surface area contributed by atoms with Crippen LogP contribution >= 0.6 is 11.6 Å². The maximum absolute atomic E-state index is 12.8. The van der Waals surface area contributed by atoms with Gasteiger partial charge in [0.1, 0.15) is 11.5 Å². The van der Waals surface area contributed by atoms with Crippen molar-refractivity contribution in [3.05, 3.63) is 34.5 Å². The average Bonchev–Trinajstić information content (AvgIpc) is 2.73. The third-order valence-electron chi connectivity index (χ3n) is 3.76. The van der Waals surface area contributed by atoms with Gasteiger partial charge in [0, 0.05) is 22.7 Å². The minimum absolute atomic E-state index is 0.150. The molecular weight excluding hydrogens is 306 g/mol. The molecule has 1 unspecified atom stereocenters. The summed E-state index contributed by atoms with van der Waals surface area (Å²) >= 11 is 5.98. The third kappa shape index (κ3) is 2.21. The Kier molecular flexibility index (Phi) is 4.06. The van der Waals surface area contributed by atoms with E-state index in [9.17, 15) is 14.7 Å². The Balaban J connectivity index is 2.83. The topological polar surface area (TPSA) is 66.4 Å². The maximum Gasteiger partial charge on any atom is 0.526 e. The zero-order valence-corrected chi connectivity index (χ0v) is 13.7. The molecule has 0 bridgehead atoms. The van der Waals surface area contributed by atoms with Gasteiger partial charge in [-0.1, -0.05) is 11.6 Å². The van der Waals surface area contributed by atoms with Crippen LogP contribution in [-0.2, 0) is 9.53 Å². The Labute approximate surface area is 134 Å². The minimum Gasteiger partial charge on any atom is -0.540 e. The molecule has 1 aliphatic rings. The molecule has 0 aliphatic carbocycles. The molecule has 2 rings (SSSR count). The standard InChI is InChI=1S/C16H18ClNO4/c1-5-22-15(21)18(16(2,3)4)12-7-6-11(17)8-10(12)9-13(18)14(19)20/h6-9H,5H2,1-4H3. The van der Waals surface area contributed by atoms with E-state index < -0.39 is 22.1 Å². The molecule has 1 atom stereocenters. The molecule has 1 aliphatic heterocycles. The number of amides is 1. The van der Waals surface area contributed by atoms with Gasteiger partial charge >= 0.3 is 6.09 Å². The average molecular weight is 324 g/mol. The molecule has 1 aromatic carbocycles. The van der Waals surface area contributed by atoms with Crippen molar-refractivity contribution in [2.24, 2.45) is 0 Å². The highest BCUT2D eigenvalue weighted by molar-refractivity contribution is 6.31. The van der Waals surface area contributed by atoms with Crippen LogP contribution in [0.1, 0.15) is 33.3 Å². The fourth-order valence-electron chi connectivity index (χ4n) is 2.93. The van der Waals surface area contributed by atoms with Gasteiger partial charge in [-0.25, -0.2) is 0 Å². The van der Waals surface area contributed by atoms with Crippen molar-refractivity contribution in [1.82, 2.24) is 4.48 Å². The number of hydrogen-bond donors (Lipinski definition) is 0. The van der Waals surface area contributed by atoms with Crippen LogP contribution in [0.3, 0.4) is 0 Å². The van der Waals surface area contributed by atoms with Crippen molar-refractivity contribution in [3.8, 4) is 0 Å². The molecule has 118 valence electrons. The number of carbonyl (C=O) groups is 2. The second-order valence-corrected chi connectivity index (χ2v) is 6.50. The Morgan fingerprint density at radius 1 is 1.32 bits per heavy atom. The summed E-state index contributed by atoms with van der Waals surface area (Å²) in [5.41, 5.74) is 0.171. The highest BCUT2D eigenvalue weighted by Crippen LogP contribution is 2.47. The molecule has 0 radical (unpaired) electrons. The first-order valence-electron chi connectivity index (χ1n) is 6.96. The lowest BCUT2D eigenvalue weighted by molar-refractivity contribution is -0.301. The summed E-state index contributed by atoms with van der Waals surface area (Å²) < 4.78 is 4.63. The predicted octanol–water partition coefficient (Wildman–Crippen LogP) is 2.71. The van der Waals surface area contributed by atoms with Gasteiger partial charge in [-0.2, -0.15) is 9.28 Å². The molecule has 22 heavy (non-hydrogen) atoms. The van der Waals surface area contributed by atoms with Crippen molar-refractivity contribution in [2.75, 3.05) is 6.61 Å². The number of carbonyl (C=O) groups excluding carboxylic acids is 2. The second kappa shape index (κ2) is 5.41. The van der Waals surface area contributed by atoms with Gasteiger partial charge in [0.25, 0.3) is 0 Å². The van der Waals surface area contributed by atoms with Crippen molar-refractivity contribution < 1.29 is 19.4 Å². The lowest BCUT2D eigenvalue weighted by Crippen LogP contribution is -2.66. The van der Waals surface area contributed by atoms with Crippen molar-refractivity contribution in [1.29, 1.82) is 0 Å². The molecule has 0 spiro atoms. The van der Waals surface area contributed by atoms with E-state index in [0.717, 1.165) is 0 Å². The number of carboxylic acids is 1. The predicted molar refractivity (Wildman–Crippen MR) is 83.0 cm³/mol. The highest BCUT2D eigenvalue weighted by Gasteiger charge is 2.58. The maximum atomic E-state index is 12.8. The lowest BCUT2D eigenvalue weighted by Gasteiger charge is -2.42. The molecule has 5 nitrogen and oxygen atoms in total. The Morgan fingerprint density at radius 2 is 1.95 bits per heavy atom. The molecule has 1 aromatic rings. The summed E-state index contributed by atoms with van der Waals surface area (Å²) in [5, 5.41) is 12.2. The number of ether oxygens (including phenoxy) is 1. The number of aliphatic carboxylic acids is 1. The number of carboxylic acid groups (broad SMARTS) is 1. The molecule has 1 amide bonds. The number of quaternary nitrogens is 1. The van der Waals surface area contributed by atoms with E-state index in [1.165, 1.54) is 6.08 Å². The van der Waals surface area contributed by atoms with Gasteiger partial charge < -0.3 is 14.6 Å².